The molecule has 0 saturated heterocycles. The molecule has 0 spiro atoms. The number of amides is 1. The van der Waals surface area contributed by atoms with E-state index in [0.717, 1.165) is 16.9 Å². The monoisotopic (exact) mass is 323 g/mol. The lowest BCUT2D eigenvalue weighted by atomic mass is 10.1. The number of carbonyl (C=O) groups is 1. The highest BCUT2D eigenvalue weighted by Gasteiger charge is 2.14. The van der Waals surface area contributed by atoms with Crippen molar-refractivity contribution in [1.82, 2.24) is 4.57 Å². The van der Waals surface area contributed by atoms with Crippen LogP contribution in [0.1, 0.15) is 35.5 Å². The Hall–Kier alpha value is -2.75. The van der Waals surface area contributed by atoms with Gasteiger partial charge in [0.2, 0.25) is 0 Å². The predicted octanol–water partition coefficient (Wildman–Crippen LogP) is 4.41. The van der Waals surface area contributed by atoms with Crippen LogP contribution in [0.15, 0.2) is 42.5 Å². The van der Waals surface area contributed by atoms with E-state index in [9.17, 15) is 4.79 Å². The molecule has 0 atom stereocenters. The topological polar surface area (TPSA) is 60.1 Å². The first-order valence-corrected chi connectivity index (χ1v) is 8.23. The molecule has 0 aliphatic carbocycles. The fourth-order valence-electron chi connectivity index (χ4n) is 2.95. The summed E-state index contributed by atoms with van der Waals surface area (Å²) in [5.74, 6) is -0.429. The zero-order valence-corrected chi connectivity index (χ0v) is 15.0. The summed E-state index contributed by atoms with van der Waals surface area (Å²) in [5, 5.41) is 4.29. The molecule has 4 heteroatoms. The molecule has 24 heavy (non-hydrogen) atoms. The Morgan fingerprint density at radius 1 is 1.08 bits per heavy atom. The fourth-order valence-corrected chi connectivity index (χ4v) is 2.95. The van der Waals surface area contributed by atoms with Gasteiger partial charge in [0.15, 0.2) is 0 Å². The predicted molar refractivity (Wildman–Crippen MR) is 102 cm³/mol. The number of para-hydroxylation sites is 1. The van der Waals surface area contributed by atoms with Gasteiger partial charge >= 0.3 is 0 Å². The lowest BCUT2D eigenvalue weighted by Gasteiger charge is -2.13. The van der Waals surface area contributed by atoms with Crippen LogP contribution in [-0.4, -0.2) is 17.5 Å². The summed E-state index contributed by atoms with van der Waals surface area (Å²) in [5.41, 5.74) is 11.3. The van der Waals surface area contributed by atoms with Crippen molar-refractivity contribution in [3.05, 3.63) is 59.3 Å². The number of aryl methyl sites for hydroxylation is 1. The number of benzene rings is 2. The lowest BCUT2D eigenvalue weighted by molar-refractivity contribution is 0.100. The van der Waals surface area contributed by atoms with Crippen LogP contribution in [-0.2, 0) is 0 Å². The highest BCUT2D eigenvalue weighted by Crippen LogP contribution is 2.30. The number of nitrogens with one attached hydrogen (secondary N) is 1. The third-order valence-corrected chi connectivity index (χ3v) is 4.22. The van der Waals surface area contributed by atoms with Crippen LogP contribution >= 0.6 is 0 Å². The third-order valence-electron chi connectivity index (χ3n) is 4.22. The van der Waals surface area contributed by atoms with E-state index in [-0.39, 0.29) is 0 Å². The van der Waals surface area contributed by atoms with E-state index in [1.807, 2.05) is 38.1 Å². The summed E-state index contributed by atoms with van der Waals surface area (Å²) < 4.78 is 2.20. The first kappa shape index (κ1) is 17.6. The van der Waals surface area contributed by atoms with Crippen molar-refractivity contribution in [3.63, 3.8) is 0 Å². The van der Waals surface area contributed by atoms with Gasteiger partial charge in [-0.05, 0) is 43.7 Å². The maximum absolute atomic E-state index is 11.5. The number of carbonyl (C=O) groups excluding carboxylic acids is 1. The summed E-state index contributed by atoms with van der Waals surface area (Å²) in [7, 11) is 1.79. The van der Waals surface area contributed by atoms with Gasteiger partial charge in [0.1, 0.15) is 0 Å². The molecule has 126 valence electrons. The second-order valence-corrected chi connectivity index (χ2v) is 5.41. The largest absolute Gasteiger partial charge is 0.387 e. The number of fused-ring (bicyclic) bond motifs is 1. The van der Waals surface area contributed by atoms with Crippen molar-refractivity contribution >= 4 is 22.5 Å². The molecule has 1 aromatic heterocycles. The average Bonchev–Trinajstić information content (AvgIpc) is 2.87. The minimum absolute atomic E-state index is 0.429. The third kappa shape index (κ3) is 2.87. The van der Waals surface area contributed by atoms with Crippen LogP contribution in [0.4, 0.5) is 5.69 Å². The van der Waals surface area contributed by atoms with E-state index in [1.165, 1.54) is 16.6 Å². The van der Waals surface area contributed by atoms with Gasteiger partial charge in [-0.3, -0.25) is 4.79 Å². The fraction of sp³-hybridized carbons (Fsp3) is 0.250. The van der Waals surface area contributed by atoms with E-state index in [4.69, 9.17) is 5.73 Å². The van der Waals surface area contributed by atoms with Crippen LogP contribution in [0.3, 0.4) is 0 Å². The van der Waals surface area contributed by atoms with Crippen LogP contribution in [0, 0.1) is 13.8 Å². The molecular weight excluding hydrogens is 298 g/mol. The number of aromatic nitrogens is 1. The van der Waals surface area contributed by atoms with E-state index >= 15 is 0 Å². The molecular formula is C20H25N3O. The van der Waals surface area contributed by atoms with Gasteiger partial charge in [-0.15, -0.1) is 0 Å². The van der Waals surface area contributed by atoms with Crippen molar-refractivity contribution in [3.8, 4) is 5.69 Å². The number of anilines is 1. The quantitative estimate of drug-likeness (QED) is 0.750. The molecule has 3 rings (SSSR count). The molecule has 0 fully saturated rings. The highest BCUT2D eigenvalue weighted by molar-refractivity contribution is 5.99. The van der Waals surface area contributed by atoms with E-state index in [1.54, 1.807) is 13.1 Å². The van der Waals surface area contributed by atoms with Gasteiger partial charge in [-0.1, -0.05) is 32.0 Å². The molecule has 0 bridgehead atoms. The van der Waals surface area contributed by atoms with Crippen molar-refractivity contribution < 1.29 is 4.79 Å². The first-order valence-electron chi connectivity index (χ1n) is 8.23. The molecule has 0 unspecified atom stereocenters. The molecule has 1 heterocycles. The normalized spacial score (nSPS) is 10.2. The Kier molecular flexibility index (Phi) is 5.29. The van der Waals surface area contributed by atoms with E-state index in [0.29, 0.717) is 5.56 Å². The summed E-state index contributed by atoms with van der Waals surface area (Å²) in [6.45, 7) is 8.24. The first-order chi connectivity index (χ1) is 11.5. The molecule has 3 aromatic rings. The minimum Gasteiger partial charge on any atom is -0.387 e. The lowest BCUT2D eigenvalue weighted by Crippen LogP contribution is -2.13. The molecule has 0 radical (unpaired) electrons. The summed E-state index contributed by atoms with van der Waals surface area (Å²) in [6, 6.07) is 14.0. The maximum Gasteiger partial charge on any atom is 0.250 e. The van der Waals surface area contributed by atoms with Gasteiger partial charge in [0.05, 0.1) is 11.1 Å². The summed E-state index contributed by atoms with van der Waals surface area (Å²) in [6.07, 6.45) is 0. The van der Waals surface area contributed by atoms with Crippen LogP contribution in [0.25, 0.3) is 16.6 Å². The van der Waals surface area contributed by atoms with Crippen molar-refractivity contribution in [2.24, 2.45) is 5.73 Å². The second kappa shape index (κ2) is 7.21. The standard InChI is InChI=1S/C18H19N3O.C2H6/c1-11-12(2)21(17-7-5-4-6-14(11)17)13-8-9-15(18(19)22)16(10-13)20-3;1-2/h4-10,20H,1-3H3,(H2,19,22);1-2H3. The number of primary amides is 1. The summed E-state index contributed by atoms with van der Waals surface area (Å²) >= 11 is 0. The number of hydrogen-bond donors (Lipinski definition) is 2. The molecule has 2 aromatic carbocycles. The van der Waals surface area contributed by atoms with Crippen molar-refractivity contribution in [2.45, 2.75) is 27.7 Å². The molecule has 0 aliphatic heterocycles. The SMILES string of the molecule is CC.CNc1cc(-n2c(C)c(C)c3ccccc32)ccc1C(N)=O. The zero-order valence-electron chi connectivity index (χ0n) is 15.0. The minimum atomic E-state index is -0.429. The van der Waals surface area contributed by atoms with E-state index in [2.05, 4.69) is 35.9 Å². The van der Waals surface area contributed by atoms with E-state index < -0.39 is 5.91 Å². The summed E-state index contributed by atoms with van der Waals surface area (Å²) in [4.78, 5) is 11.5. The smallest absolute Gasteiger partial charge is 0.250 e. The Morgan fingerprint density at radius 3 is 2.38 bits per heavy atom. The van der Waals surface area contributed by atoms with Crippen LogP contribution < -0.4 is 11.1 Å². The van der Waals surface area contributed by atoms with Crippen molar-refractivity contribution in [2.75, 3.05) is 12.4 Å². The highest BCUT2D eigenvalue weighted by atomic mass is 16.1. The number of rotatable bonds is 3. The zero-order chi connectivity index (χ0) is 17.9. The number of nitrogens with zero attached hydrogens (tertiary/aromatic N) is 1. The second-order valence-electron chi connectivity index (χ2n) is 5.41. The molecule has 3 N–H and O–H groups in total. The van der Waals surface area contributed by atoms with Crippen LogP contribution in [0.2, 0.25) is 0 Å². The van der Waals surface area contributed by atoms with Crippen molar-refractivity contribution in [1.29, 1.82) is 0 Å². The maximum atomic E-state index is 11.5. The Morgan fingerprint density at radius 2 is 1.75 bits per heavy atom. The van der Waals surface area contributed by atoms with Gasteiger partial charge < -0.3 is 15.6 Å². The number of nitrogens with two attached hydrogens (primary N) is 1. The number of hydrogen-bond acceptors (Lipinski definition) is 2. The Balaban J connectivity index is 0.00000100. The molecule has 0 saturated carbocycles. The molecule has 4 nitrogen and oxygen atoms in total. The van der Waals surface area contributed by atoms with Gasteiger partial charge in [0.25, 0.3) is 5.91 Å². The average molecular weight is 323 g/mol. The van der Waals surface area contributed by atoms with Gasteiger partial charge in [0, 0.05) is 29.5 Å². The van der Waals surface area contributed by atoms with Gasteiger partial charge in [-0.25, -0.2) is 0 Å². The molecule has 0 aliphatic rings. The van der Waals surface area contributed by atoms with Gasteiger partial charge in [-0.2, -0.15) is 0 Å². The molecule has 1 amide bonds. The Labute approximate surface area is 143 Å². The Bertz CT molecular complexity index is 878. The van der Waals surface area contributed by atoms with Crippen LogP contribution in [0.5, 0.6) is 0 Å².